The second-order valence-corrected chi connectivity index (χ2v) is 4.19. The van der Waals surface area contributed by atoms with Crippen molar-refractivity contribution in [1.82, 2.24) is 0 Å². The van der Waals surface area contributed by atoms with Gasteiger partial charge >= 0.3 is 5.97 Å². The van der Waals surface area contributed by atoms with Crippen LogP contribution in [0.15, 0.2) is 42.5 Å². The molecule has 0 amide bonds. The molecule has 4 heteroatoms. The van der Waals surface area contributed by atoms with E-state index in [1.807, 2.05) is 0 Å². The average Bonchev–Trinajstić information content (AvgIpc) is 2.39. The molecule has 0 saturated heterocycles. The molecular formula is C15H14O4. The number of benzene rings is 2. The quantitative estimate of drug-likeness (QED) is 0.884. The number of aliphatic hydroxyl groups is 1. The number of carbonyl (C=O) groups is 1. The molecule has 2 N–H and O–H groups in total. The van der Waals surface area contributed by atoms with E-state index in [0.29, 0.717) is 17.1 Å². The highest BCUT2D eigenvalue weighted by molar-refractivity contribution is 5.89. The number of aromatic carboxylic acids is 1. The van der Waals surface area contributed by atoms with Crippen LogP contribution in [0.2, 0.25) is 0 Å². The van der Waals surface area contributed by atoms with Crippen LogP contribution in [0.4, 0.5) is 0 Å². The summed E-state index contributed by atoms with van der Waals surface area (Å²) in [4.78, 5) is 10.9. The van der Waals surface area contributed by atoms with Gasteiger partial charge in [0.1, 0.15) is 11.5 Å². The highest BCUT2D eigenvalue weighted by Crippen LogP contribution is 2.24. The van der Waals surface area contributed by atoms with E-state index in [9.17, 15) is 4.79 Å². The number of aryl methyl sites for hydroxylation is 1. The molecule has 0 fully saturated rings. The monoisotopic (exact) mass is 258 g/mol. The van der Waals surface area contributed by atoms with E-state index in [-0.39, 0.29) is 12.2 Å². The van der Waals surface area contributed by atoms with Crippen LogP contribution in [0.3, 0.4) is 0 Å². The van der Waals surface area contributed by atoms with Crippen molar-refractivity contribution in [2.45, 2.75) is 13.5 Å². The molecule has 4 nitrogen and oxygen atoms in total. The van der Waals surface area contributed by atoms with Gasteiger partial charge in [-0.25, -0.2) is 4.79 Å². The van der Waals surface area contributed by atoms with E-state index >= 15 is 0 Å². The zero-order chi connectivity index (χ0) is 13.8. The van der Waals surface area contributed by atoms with E-state index < -0.39 is 5.97 Å². The lowest BCUT2D eigenvalue weighted by molar-refractivity contribution is 0.0696. The van der Waals surface area contributed by atoms with E-state index in [1.165, 1.54) is 6.07 Å². The maximum Gasteiger partial charge on any atom is 0.335 e. The van der Waals surface area contributed by atoms with Crippen molar-refractivity contribution in [2.24, 2.45) is 0 Å². The molecule has 0 saturated carbocycles. The Hall–Kier alpha value is -2.33. The number of carboxylic acids is 1. The fraction of sp³-hybridized carbons (Fsp3) is 0.133. The van der Waals surface area contributed by atoms with Crippen LogP contribution in [0, 0.1) is 6.92 Å². The standard InChI is InChI=1S/C15H14O4/c1-10-8-13(6-7-14(10)15(17)18)19-12-4-2-11(9-16)3-5-12/h2-8,16H,9H2,1H3,(H,17,18). The Bertz CT molecular complexity index is 588. The van der Waals surface area contributed by atoms with Gasteiger partial charge < -0.3 is 14.9 Å². The fourth-order valence-corrected chi connectivity index (χ4v) is 1.74. The Morgan fingerprint density at radius 2 is 1.74 bits per heavy atom. The summed E-state index contributed by atoms with van der Waals surface area (Å²) in [6.45, 7) is 1.72. The Balaban J connectivity index is 2.18. The van der Waals surface area contributed by atoms with Gasteiger partial charge in [0.2, 0.25) is 0 Å². The minimum Gasteiger partial charge on any atom is -0.478 e. The molecule has 2 rings (SSSR count). The van der Waals surface area contributed by atoms with Crippen molar-refractivity contribution in [3.63, 3.8) is 0 Å². The lowest BCUT2D eigenvalue weighted by atomic mass is 10.1. The van der Waals surface area contributed by atoms with Crippen LogP contribution in [0.5, 0.6) is 11.5 Å². The minimum atomic E-state index is -0.948. The third-order valence-electron chi connectivity index (χ3n) is 2.77. The fourth-order valence-electron chi connectivity index (χ4n) is 1.74. The van der Waals surface area contributed by atoms with Crippen LogP contribution in [0.25, 0.3) is 0 Å². The van der Waals surface area contributed by atoms with Crippen molar-refractivity contribution in [1.29, 1.82) is 0 Å². The molecule has 0 unspecified atom stereocenters. The molecule has 0 heterocycles. The summed E-state index contributed by atoms with van der Waals surface area (Å²) in [5.74, 6) is 0.273. The number of hydrogen-bond donors (Lipinski definition) is 2. The van der Waals surface area contributed by atoms with Gasteiger partial charge in [-0.05, 0) is 48.4 Å². The van der Waals surface area contributed by atoms with Crippen LogP contribution >= 0.6 is 0 Å². The second kappa shape index (κ2) is 5.54. The molecular weight excluding hydrogens is 244 g/mol. The smallest absolute Gasteiger partial charge is 0.335 e. The summed E-state index contributed by atoms with van der Waals surface area (Å²) < 4.78 is 5.62. The van der Waals surface area contributed by atoms with Gasteiger partial charge in [0.05, 0.1) is 12.2 Å². The van der Waals surface area contributed by atoms with Gasteiger partial charge in [0.15, 0.2) is 0 Å². The summed E-state index contributed by atoms with van der Waals surface area (Å²) >= 11 is 0. The highest BCUT2D eigenvalue weighted by Gasteiger charge is 2.08. The summed E-state index contributed by atoms with van der Waals surface area (Å²) in [5.41, 5.74) is 1.73. The number of hydrogen-bond acceptors (Lipinski definition) is 3. The third-order valence-corrected chi connectivity index (χ3v) is 2.77. The number of rotatable bonds is 4. The molecule has 19 heavy (non-hydrogen) atoms. The van der Waals surface area contributed by atoms with Crippen molar-refractivity contribution < 1.29 is 19.7 Å². The van der Waals surface area contributed by atoms with Crippen LogP contribution in [0.1, 0.15) is 21.5 Å². The molecule has 0 bridgehead atoms. The summed E-state index contributed by atoms with van der Waals surface area (Å²) in [6, 6.07) is 11.9. The molecule has 2 aromatic rings. The van der Waals surface area contributed by atoms with Crippen LogP contribution < -0.4 is 4.74 Å². The lowest BCUT2D eigenvalue weighted by Crippen LogP contribution is -1.99. The SMILES string of the molecule is Cc1cc(Oc2ccc(CO)cc2)ccc1C(=O)O. The highest BCUT2D eigenvalue weighted by atomic mass is 16.5. The van der Waals surface area contributed by atoms with Crippen molar-refractivity contribution in [3.8, 4) is 11.5 Å². The zero-order valence-electron chi connectivity index (χ0n) is 10.5. The van der Waals surface area contributed by atoms with Crippen molar-refractivity contribution >= 4 is 5.97 Å². The van der Waals surface area contributed by atoms with Gasteiger partial charge in [0, 0.05) is 0 Å². The number of ether oxygens (including phenoxy) is 1. The first-order valence-electron chi connectivity index (χ1n) is 5.82. The van der Waals surface area contributed by atoms with E-state index in [2.05, 4.69) is 0 Å². The van der Waals surface area contributed by atoms with Crippen LogP contribution in [-0.4, -0.2) is 16.2 Å². The lowest BCUT2D eigenvalue weighted by Gasteiger charge is -2.08. The van der Waals surface area contributed by atoms with Gasteiger partial charge in [0.25, 0.3) is 0 Å². The molecule has 0 aliphatic rings. The third kappa shape index (κ3) is 3.11. The molecule has 0 radical (unpaired) electrons. The van der Waals surface area contributed by atoms with E-state index in [1.54, 1.807) is 43.3 Å². The van der Waals surface area contributed by atoms with Crippen LogP contribution in [-0.2, 0) is 6.61 Å². The van der Waals surface area contributed by atoms with Gasteiger partial charge in [-0.1, -0.05) is 12.1 Å². The normalized spacial score (nSPS) is 10.2. The Labute approximate surface area is 110 Å². The summed E-state index contributed by atoms with van der Waals surface area (Å²) in [7, 11) is 0. The first-order chi connectivity index (χ1) is 9.10. The molecule has 98 valence electrons. The predicted molar refractivity (Wildman–Crippen MR) is 70.6 cm³/mol. The van der Waals surface area contributed by atoms with Gasteiger partial charge in [-0.3, -0.25) is 0 Å². The Kier molecular flexibility index (Phi) is 3.82. The Morgan fingerprint density at radius 1 is 1.11 bits per heavy atom. The number of aliphatic hydroxyl groups excluding tert-OH is 1. The zero-order valence-corrected chi connectivity index (χ0v) is 10.5. The number of carboxylic acid groups (broad SMARTS) is 1. The summed E-state index contributed by atoms with van der Waals surface area (Å²) in [6.07, 6.45) is 0. The molecule has 0 spiro atoms. The first-order valence-corrected chi connectivity index (χ1v) is 5.82. The second-order valence-electron chi connectivity index (χ2n) is 4.19. The predicted octanol–water partition coefficient (Wildman–Crippen LogP) is 2.98. The van der Waals surface area contributed by atoms with Crippen molar-refractivity contribution in [3.05, 3.63) is 59.2 Å². The minimum absolute atomic E-state index is 0.00725. The molecule has 0 atom stereocenters. The molecule has 0 aliphatic carbocycles. The first kappa shape index (κ1) is 13.1. The largest absolute Gasteiger partial charge is 0.478 e. The van der Waals surface area contributed by atoms with E-state index in [0.717, 1.165) is 5.56 Å². The van der Waals surface area contributed by atoms with Crippen molar-refractivity contribution in [2.75, 3.05) is 0 Å². The Morgan fingerprint density at radius 3 is 2.26 bits per heavy atom. The van der Waals surface area contributed by atoms with E-state index in [4.69, 9.17) is 14.9 Å². The summed E-state index contributed by atoms with van der Waals surface area (Å²) in [5, 5.41) is 17.9. The van der Waals surface area contributed by atoms with Gasteiger partial charge in [-0.2, -0.15) is 0 Å². The maximum atomic E-state index is 10.9. The maximum absolute atomic E-state index is 10.9. The average molecular weight is 258 g/mol. The molecule has 2 aromatic carbocycles. The van der Waals surface area contributed by atoms with Gasteiger partial charge in [-0.15, -0.1) is 0 Å². The molecule has 0 aliphatic heterocycles. The molecule has 0 aromatic heterocycles. The topological polar surface area (TPSA) is 66.8 Å².